The average Bonchev–Trinajstić information content (AvgIpc) is 2.34. The number of halogens is 2. The summed E-state index contributed by atoms with van der Waals surface area (Å²) in [6.45, 7) is 1.89. The summed E-state index contributed by atoms with van der Waals surface area (Å²) < 4.78 is 14.3. The molecule has 0 radical (unpaired) electrons. The van der Waals surface area contributed by atoms with Crippen LogP contribution in [0.2, 0.25) is 0 Å². The van der Waals surface area contributed by atoms with Gasteiger partial charge in [0.15, 0.2) is 0 Å². The van der Waals surface area contributed by atoms with Crippen molar-refractivity contribution in [3.8, 4) is 0 Å². The SMILES string of the molecule is Cc1cc(F)ccc1C(NN)c1ccccc1I. The van der Waals surface area contributed by atoms with E-state index in [2.05, 4.69) is 28.0 Å². The molecule has 3 N–H and O–H groups in total. The van der Waals surface area contributed by atoms with Crippen LogP contribution in [0.5, 0.6) is 0 Å². The molecule has 0 spiro atoms. The van der Waals surface area contributed by atoms with Crippen molar-refractivity contribution in [1.82, 2.24) is 5.43 Å². The van der Waals surface area contributed by atoms with Crippen molar-refractivity contribution in [2.24, 2.45) is 5.84 Å². The minimum Gasteiger partial charge on any atom is -0.271 e. The van der Waals surface area contributed by atoms with Gasteiger partial charge in [0.25, 0.3) is 0 Å². The van der Waals surface area contributed by atoms with E-state index >= 15 is 0 Å². The molecule has 2 aromatic carbocycles. The van der Waals surface area contributed by atoms with Gasteiger partial charge in [0.2, 0.25) is 0 Å². The molecule has 0 aliphatic rings. The lowest BCUT2D eigenvalue weighted by molar-refractivity contribution is 0.611. The fourth-order valence-electron chi connectivity index (χ4n) is 2.02. The highest BCUT2D eigenvalue weighted by atomic mass is 127. The standard InChI is InChI=1S/C14H14FIN2/c1-9-8-10(15)6-7-11(9)14(18-17)12-4-2-3-5-13(12)16/h2-8,14,18H,17H2,1H3. The summed E-state index contributed by atoms with van der Waals surface area (Å²) in [4.78, 5) is 0. The zero-order valence-corrected chi connectivity index (χ0v) is 12.1. The van der Waals surface area contributed by atoms with Crippen LogP contribution in [0.1, 0.15) is 22.7 Å². The van der Waals surface area contributed by atoms with Crippen molar-refractivity contribution in [3.05, 3.63) is 68.5 Å². The molecule has 1 unspecified atom stereocenters. The summed E-state index contributed by atoms with van der Waals surface area (Å²) in [5, 5.41) is 0. The Morgan fingerprint density at radius 3 is 2.50 bits per heavy atom. The predicted octanol–water partition coefficient (Wildman–Crippen LogP) is 3.29. The third kappa shape index (κ3) is 2.71. The summed E-state index contributed by atoms with van der Waals surface area (Å²) in [6, 6.07) is 12.6. The fraction of sp³-hybridized carbons (Fsp3) is 0.143. The van der Waals surface area contributed by atoms with Gasteiger partial charge >= 0.3 is 0 Å². The zero-order valence-electron chi connectivity index (χ0n) is 9.95. The molecule has 2 rings (SSSR count). The topological polar surface area (TPSA) is 38.0 Å². The normalized spacial score (nSPS) is 12.4. The van der Waals surface area contributed by atoms with Crippen molar-refractivity contribution in [3.63, 3.8) is 0 Å². The molecule has 0 bridgehead atoms. The van der Waals surface area contributed by atoms with E-state index in [0.29, 0.717) is 0 Å². The molecule has 18 heavy (non-hydrogen) atoms. The van der Waals surface area contributed by atoms with Gasteiger partial charge in [-0.1, -0.05) is 24.3 Å². The van der Waals surface area contributed by atoms with Crippen LogP contribution in [0, 0.1) is 16.3 Å². The first-order valence-corrected chi connectivity index (χ1v) is 6.68. The molecule has 0 saturated heterocycles. The second-order valence-corrected chi connectivity index (χ2v) is 5.28. The fourth-order valence-corrected chi connectivity index (χ4v) is 2.72. The maximum absolute atomic E-state index is 13.1. The Morgan fingerprint density at radius 2 is 1.89 bits per heavy atom. The molecule has 1 atom stereocenters. The van der Waals surface area contributed by atoms with E-state index in [-0.39, 0.29) is 11.9 Å². The van der Waals surface area contributed by atoms with Crippen LogP contribution in [0.15, 0.2) is 42.5 Å². The molecule has 2 aromatic rings. The molecule has 0 saturated carbocycles. The van der Waals surface area contributed by atoms with Gasteiger partial charge in [0, 0.05) is 3.57 Å². The Morgan fingerprint density at radius 1 is 1.17 bits per heavy atom. The lowest BCUT2D eigenvalue weighted by Gasteiger charge is -2.20. The van der Waals surface area contributed by atoms with E-state index in [9.17, 15) is 4.39 Å². The van der Waals surface area contributed by atoms with Crippen LogP contribution in [0.4, 0.5) is 4.39 Å². The predicted molar refractivity (Wildman–Crippen MR) is 79.5 cm³/mol. The summed E-state index contributed by atoms with van der Waals surface area (Å²) in [5.41, 5.74) is 5.78. The highest BCUT2D eigenvalue weighted by Crippen LogP contribution is 2.27. The van der Waals surface area contributed by atoms with Gasteiger partial charge in [-0.3, -0.25) is 5.84 Å². The summed E-state index contributed by atoms with van der Waals surface area (Å²) in [6.07, 6.45) is 0. The summed E-state index contributed by atoms with van der Waals surface area (Å²) in [5.74, 6) is 5.44. The van der Waals surface area contributed by atoms with E-state index < -0.39 is 0 Å². The second-order valence-electron chi connectivity index (χ2n) is 4.12. The van der Waals surface area contributed by atoms with Crippen molar-refractivity contribution in [2.75, 3.05) is 0 Å². The second kappa shape index (κ2) is 5.77. The zero-order chi connectivity index (χ0) is 13.1. The number of aryl methyl sites for hydroxylation is 1. The van der Waals surface area contributed by atoms with E-state index in [4.69, 9.17) is 5.84 Å². The Balaban J connectivity index is 2.49. The Hall–Kier alpha value is -0.980. The Kier molecular flexibility index (Phi) is 4.31. The lowest BCUT2D eigenvalue weighted by atomic mass is 9.95. The first-order valence-electron chi connectivity index (χ1n) is 5.60. The van der Waals surface area contributed by atoms with Crippen LogP contribution in [-0.4, -0.2) is 0 Å². The van der Waals surface area contributed by atoms with Gasteiger partial charge in [0.1, 0.15) is 5.82 Å². The average molecular weight is 356 g/mol. The number of benzene rings is 2. The van der Waals surface area contributed by atoms with Gasteiger partial charge in [-0.2, -0.15) is 0 Å². The van der Waals surface area contributed by atoms with Crippen LogP contribution >= 0.6 is 22.6 Å². The summed E-state index contributed by atoms with van der Waals surface area (Å²) >= 11 is 2.27. The maximum atomic E-state index is 13.1. The number of nitrogens with two attached hydrogens (primary N) is 1. The van der Waals surface area contributed by atoms with Crippen molar-refractivity contribution in [2.45, 2.75) is 13.0 Å². The molecule has 2 nitrogen and oxygen atoms in total. The van der Waals surface area contributed by atoms with Gasteiger partial charge in [-0.25, -0.2) is 9.82 Å². The Labute approximate surface area is 120 Å². The molecule has 0 aromatic heterocycles. The van der Waals surface area contributed by atoms with Crippen LogP contribution in [0.3, 0.4) is 0 Å². The van der Waals surface area contributed by atoms with Crippen LogP contribution < -0.4 is 11.3 Å². The molecular formula is C14H14FIN2. The number of rotatable bonds is 3. The van der Waals surface area contributed by atoms with E-state index in [1.165, 1.54) is 12.1 Å². The van der Waals surface area contributed by atoms with Gasteiger partial charge < -0.3 is 0 Å². The van der Waals surface area contributed by atoms with Crippen molar-refractivity contribution >= 4 is 22.6 Å². The highest BCUT2D eigenvalue weighted by molar-refractivity contribution is 14.1. The maximum Gasteiger partial charge on any atom is 0.123 e. The quantitative estimate of drug-likeness (QED) is 0.503. The van der Waals surface area contributed by atoms with Gasteiger partial charge in [0.05, 0.1) is 6.04 Å². The monoisotopic (exact) mass is 356 g/mol. The van der Waals surface area contributed by atoms with E-state index in [0.717, 1.165) is 20.3 Å². The van der Waals surface area contributed by atoms with E-state index in [1.807, 2.05) is 31.2 Å². The molecule has 0 amide bonds. The number of hydrogen-bond acceptors (Lipinski definition) is 2. The van der Waals surface area contributed by atoms with Crippen LogP contribution in [0.25, 0.3) is 0 Å². The Bertz CT molecular complexity index is 557. The summed E-state index contributed by atoms with van der Waals surface area (Å²) in [7, 11) is 0. The first-order chi connectivity index (χ1) is 8.63. The molecule has 0 aliphatic heterocycles. The minimum atomic E-state index is -0.227. The van der Waals surface area contributed by atoms with Gasteiger partial charge in [-0.15, -0.1) is 0 Å². The van der Waals surface area contributed by atoms with Gasteiger partial charge in [-0.05, 0) is 64.4 Å². The largest absolute Gasteiger partial charge is 0.271 e. The van der Waals surface area contributed by atoms with Crippen LogP contribution in [-0.2, 0) is 0 Å². The third-order valence-corrected chi connectivity index (χ3v) is 3.91. The van der Waals surface area contributed by atoms with Crippen molar-refractivity contribution in [1.29, 1.82) is 0 Å². The number of hydrazine groups is 1. The van der Waals surface area contributed by atoms with Crippen molar-refractivity contribution < 1.29 is 4.39 Å². The highest BCUT2D eigenvalue weighted by Gasteiger charge is 2.17. The molecule has 0 fully saturated rings. The molecule has 0 aliphatic carbocycles. The first kappa shape index (κ1) is 13.5. The molecule has 94 valence electrons. The van der Waals surface area contributed by atoms with E-state index in [1.54, 1.807) is 6.07 Å². The minimum absolute atomic E-state index is 0.126. The smallest absolute Gasteiger partial charge is 0.123 e. The number of nitrogens with one attached hydrogen (secondary N) is 1. The molecule has 0 heterocycles. The molecule has 4 heteroatoms. The number of hydrogen-bond donors (Lipinski definition) is 2. The lowest BCUT2D eigenvalue weighted by Crippen LogP contribution is -2.30. The molecular weight excluding hydrogens is 342 g/mol. The third-order valence-electron chi connectivity index (χ3n) is 2.93.